The van der Waals surface area contributed by atoms with Gasteiger partial charge in [-0.3, -0.25) is 0 Å². The predicted octanol–water partition coefficient (Wildman–Crippen LogP) is 0.190. The average Bonchev–Trinajstić information content (AvgIpc) is 3.00. The van der Waals surface area contributed by atoms with Crippen LogP contribution in [0.2, 0.25) is 0 Å². The van der Waals surface area contributed by atoms with E-state index < -0.39 is 24.9 Å². The highest BCUT2D eigenvalue weighted by atomic mass is 16.5. The lowest BCUT2D eigenvalue weighted by molar-refractivity contribution is -0.0734. The van der Waals surface area contributed by atoms with Crippen molar-refractivity contribution in [2.75, 3.05) is 6.61 Å². The molecule has 7 nitrogen and oxygen atoms in total. The van der Waals surface area contributed by atoms with Crippen molar-refractivity contribution >= 4 is 5.76 Å². The van der Waals surface area contributed by atoms with E-state index >= 15 is 0 Å². The second-order valence-corrected chi connectivity index (χ2v) is 4.63. The van der Waals surface area contributed by atoms with E-state index in [1.54, 1.807) is 0 Å². The van der Waals surface area contributed by atoms with Crippen LogP contribution in [0.3, 0.4) is 0 Å². The minimum atomic E-state index is -1.20. The molecule has 1 aromatic heterocycles. The van der Waals surface area contributed by atoms with Gasteiger partial charge in [0.05, 0.1) is 6.61 Å². The molecule has 3 rings (SSSR count). The van der Waals surface area contributed by atoms with E-state index in [0.717, 1.165) is 5.56 Å². The molecule has 3 atom stereocenters. The molecule has 0 amide bonds. The second-order valence-electron chi connectivity index (χ2n) is 4.63. The minimum absolute atomic E-state index is 0.0817. The van der Waals surface area contributed by atoms with Crippen LogP contribution < -0.4 is 0 Å². The molecule has 1 aromatic carbocycles. The Morgan fingerprint density at radius 1 is 1.05 bits per heavy atom. The van der Waals surface area contributed by atoms with Gasteiger partial charge >= 0.3 is 0 Å². The zero-order valence-electron chi connectivity index (χ0n) is 11.0. The Morgan fingerprint density at radius 2 is 1.76 bits per heavy atom. The quantitative estimate of drug-likeness (QED) is 0.740. The van der Waals surface area contributed by atoms with Crippen molar-refractivity contribution < 1.29 is 24.5 Å². The fourth-order valence-corrected chi connectivity index (χ4v) is 2.03. The standard InChI is InChI=1S/C14H14N2O5/c17-7-11-12(19)9(18)6-10(20-11)14-16-15-13(21-14)8-4-2-1-3-5-8/h1-6,9,11-12,17-19H,7H2/t9-,11-,12+/m1/s1. The Morgan fingerprint density at radius 3 is 2.48 bits per heavy atom. The first-order chi connectivity index (χ1) is 10.2. The fourth-order valence-electron chi connectivity index (χ4n) is 2.03. The van der Waals surface area contributed by atoms with Crippen molar-refractivity contribution in [3.63, 3.8) is 0 Å². The van der Waals surface area contributed by atoms with Crippen LogP contribution in [0, 0.1) is 0 Å². The summed E-state index contributed by atoms with van der Waals surface area (Å²) in [6.07, 6.45) is -2.03. The summed E-state index contributed by atoms with van der Waals surface area (Å²) in [5, 5.41) is 36.3. The minimum Gasteiger partial charge on any atom is -0.480 e. The lowest BCUT2D eigenvalue weighted by atomic mass is 10.0. The zero-order chi connectivity index (χ0) is 14.8. The molecule has 0 fully saturated rings. The molecule has 2 aromatic rings. The first-order valence-electron chi connectivity index (χ1n) is 6.44. The van der Waals surface area contributed by atoms with E-state index in [2.05, 4.69) is 10.2 Å². The monoisotopic (exact) mass is 290 g/mol. The summed E-state index contributed by atoms with van der Waals surface area (Å²) in [6, 6.07) is 9.21. The van der Waals surface area contributed by atoms with E-state index in [4.69, 9.17) is 14.3 Å². The topological polar surface area (TPSA) is 109 Å². The smallest absolute Gasteiger partial charge is 0.283 e. The van der Waals surface area contributed by atoms with Crippen LogP contribution in [0.15, 0.2) is 40.8 Å². The van der Waals surface area contributed by atoms with E-state index in [1.807, 2.05) is 30.3 Å². The third-order valence-electron chi connectivity index (χ3n) is 3.17. The molecule has 2 heterocycles. The van der Waals surface area contributed by atoms with E-state index in [1.165, 1.54) is 6.08 Å². The van der Waals surface area contributed by atoms with Crippen LogP contribution in [0.25, 0.3) is 17.2 Å². The van der Waals surface area contributed by atoms with Crippen LogP contribution in [-0.4, -0.2) is 50.4 Å². The van der Waals surface area contributed by atoms with Gasteiger partial charge in [0.15, 0.2) is 11.9 Å². The van der Waals surface area contributed by atoms with Crippen LogP contribution >= 0.6 is 0 Å². The van der Waals surface area contributed by atoms with Gasteiger partial charge in [0.2, 0.25) is 5.89 Å². The molecule has 0 bridgehead atoms. The molecular weight excluding hydrogens is 276 g/mol. The molecular formula is C14H14N2O5. The number of aliphatic hydroxyl groups is 3. The fraction of sp³-hybridized carbons (Fsp3) is 0.286. The number of aromatic nitrogens is 2. The third-order valence-corrected chi connectivity index (χ3v) is 3.17. The van der Waals surface area contributed by atoms with Gasteiger partial charge in [-0.2, -0.15) is 0 Å². The van der Waals surface area contributed by atoms with Gasteiger partial charge in [0.1, 0.15) is 12.2 Å². The molecule has 0 saturated carbocycles. The maximum Gasteiger partial charge on any atom is 0.283 e. The van der Waals surface area contributed by atoms with Gasteiger partial charge in [-0.15, -0.1) is 10.2 Å². The summed E-state index contributed by atoms with van der Waals surface area (Å²) >= 11 is 0. The van der Waals surface area contributed by atoms with Crippen molar-refractivity contribution in [2.24, 2.45) is 0 Å². The number of ether oxygens (including phenoxy) is 1. The number of aliphatic hydroxyl groups excluding tert-OH is 3. The van der Waals surface area contributed by atoms with Gasteiger partial charge in [0.25, 0.3) is 5.89 Å². The van der Waals surface area contributed by atoms with Crippen LogP contribution in [0.5, 0.6) is 0 Å². The molecule has 0 unspecified atom stereocenters. The van der Waals surface area contributed by atoms with E-state index in [-0.39, 0.29) is 11.6 Å². The van der Waals surface area contributed by atoms with Crippen LogP contribution in [0.4, 0.5) is 0 Å². The summed E-state index contributed by atoms with van der Waals surface area (Å²) in [4.78, 5) is 0. The first-order valence-corrected chi connectivity index (χ1v) is 6.44. The van der Waals surface area contributed by atoms with Crippen LogP contribution in [-0.2, 0) is 4.74 Å². The largest absolute Gasteiger partial charge is 0.480 e. The lowest BCUT2D eigenvalue weighted by Gasteiger charge is -2.29. The number of hydrogen-bond acceptors (Lipinski definition) is 7. The maximum atomic E-state index is 9.73. The highest BCUT2D eigenvalue weighted by Gasteiger charge is 2.34. The Labute approximate surface area is 120 Å². The number of hydrogen-bond donors (Lipinski definition) is 3. The van der Waals surface area contributed by atoms with Crippen LogP contribution in [0.1, 0.15) is 5.89 Å². The predicted molar refractivity (Wildman–Crippen MR) is 71.7 cm³/mol. The summed E-state index contributed by atoms with van der Waals surface area (Å²) < 4.78 is 10.9. The summed E-state index contributed by atoms with van der Waals surface area (Å²) in [7, 11) is 0. The Hall–Kier alpha value is -2.22. The van der Waals surface area contributed by atoms with Gasteiger partial charge < -0.3 is 24.5 Å². The maximum absolute atomic E-state index is 9.73. The normalized spacial score (nSPS) is 25.3. The lowest BCUT2D eigenvalue weighted by Crippen LogP contribution is -2.43. The van der Waals surface area contributed by atoms with Gasteiger partial charge in [0, 0.05) is 5.56 Å². The average molecular weight is 290 g/mol. The summed E-state index contributed by atoms with van der Waals surface area (Å²) in [5.41, 5.74) is 0.756. The molecule has 0 saturated heterocycles. The highest BCUT2D eigenvalue weighted by molar-refractivity contribution is 5.57. The molecule has 3 N–H and O–H groups in total. The van der Waals surface area contributed by atoms with E-state index in [9.17, 15) is 10.2 Å². The van der Waals surface area contributed by atoms with Crippen molar-refractivity contribution in [1.29, 1.82) is 0 Å². The first kappa shape index (κ1) is 13.7. The van der Waals surface area contributed by atoms with Crippen molar-refractivity contribution in [3.8, 4) is 11.5 Å². The number of benzene rings is 1. The SMILES string of the molecule is OC[C@H]1OC(c2nnc(-c3ccccc3)o2)=C[C@@H](O)[C@@H]1O. The molecule has 1 aliphatic rings. The van der Waals surface area contributed by atoms with Crippen molar-refractivity contribution in [2.45, 2.75) is 18.3 Å². The number of nitrogens with zero attached hydrogens (tertiary/aromatic N) is 2. The van der Waals surface area contributed by atoms with Gasteiger partial charge in [-0.25, -0.2) is 0 Å². The third kappa shape index (κ3) is 2.66. The Bertz CT molecular complexity index is 640. The molecule has 110 valence electrons. The molecule has 1 aliphatic heterocycles. The molecule has 7 heteroatoms. The second kappa shape index (κ2) is 5.65. The summed E-state index contributed by atoms with van der Waals surface area (Å²) in [5.74, 6) is 0.538. The highest BCUT2D eigenvalue weighted by Crippen LogP contribution is 2.27. The van der Waals surface area contributed by atoms with Gasteiger partial charge in [-0.1, -0.05) is 18.2 Å². The summed E-state index contributed by atoms with van der Waals surface area (Å²) in [6.45, 7) is -0.435. The Balaban J connectivity index is 1.88. The van der Waals surface area contributed by atoms with E-state index in [0.29, 0.717) is 5.89 Å². The number of rotatable bonds is 3. The molecule has 0 aliphatic carbocycles. The van der Waals surface area contributed by atoms with Crippen molar-refractivity contribution in [1.82, 2.24) is 10.2 Å². The van der Waals surface area contributed by atoms with Gasteiger partial charge in [-0.05, 0) is 18.2 Å². The Kier molecular flexibility index (Phi) is 3.70. The molecule has 0 radical (unpaired) electrons. The zero-order valence-corrected chi connectivity index (χ0v) is 11.0. The molecule has 0 spiro atoms. The van der Waals surface area contributed by atoms with Crippen molar-refractivity contribution in [3.05, 3.63) is 42.3 Å². The molecule has 21 heavy (non-hydrogen) atoms.